The van der Waals surface area contributed by atoms with Crippen molar-refractivity contribution < 1.29 is 9.90 Å². The Morgan fingerprint density at radius 2 is 1.69 bits per heavy atom. The number of nitrogens with one attached hydrogen (secondary N) is 1. The lowest BCUT2D eigenvalue weighted by atomic mass is 9.78. The van der Waals surface area contributed by atoms with Gasteiger partial charge in [0, 0.05) is 46.9 Å². The number of rotatable bonds is 5. The minimum Gasteiger partial charge on any atom is -0.507 e. The van der Waals surface area contributed by atoms with Gasteiger partial charge in [0.1, 0.15) is 17.3 Å². The van der Waals surface area contributed by atoms with Crippen molar-refractivity contribution in [3.05, 3.63) is 76.1 Å². The number of halogens is 1. The number of carbonyl (C=O) groups is 1. The first-order valence-corrected chi connectivity index (χ1v) is 12.0. The van der Waals surface area contributed by atoms with Gasteiger partial charge in [0.25, 0.3) is 0 Å². The summed E-state index contributed by atoms with van der Waals surface area (Å²) in [7, 11) is 0. The molecule has 0 radical (unpaired) electrons. The number of hydrogen-bond acceptors (Lipinski definition) is 5. The number of pyridine rings is 1. The highest BCUT2D eigenvalue weighted by Crippen LogP contribution is 2.40. The number of nitrogens with zero attached hydrogens (tertiary/aromatic N) is 4. The van der Waals surface area contributed by atoms with Crippen LogP contribution in [0.25, 0.3) is 0 Å². The van der Waals surface area contributed by atoms with E-state index in [9.17, 15) is 9.90 Å². The lowest BCUT2D eigenvalue weighted by Gasteiger charge is -2.28. The lowest BCUT2D eigenvalue weighted by molar-refractivity contribution is 0.0962. The third kappa shape index (κ3) is 5.38. The van der Waals surface area contributed by atoms with Crippen molar-refractivity contribution in [1.29, 1.82) is 5.41 Å². The van der Waals surface area contributed by atoms with Gasteiger partial charge in [-0.05, 0) is 41.5 Å². The maximum atomic E-state index is 13.5. The van der Waals surface area contributed by atoms with E-state index in [0.29, 0.717) is 24.3 Å². The van der Waals surface area contributed by atoms with Crippen LogP contribution in [0.15, 0.2) is 36.9 Å². The van der Waals surface area contributed by atoms with E-state index in [1.54, 1.807) is 17.4 Å². The minimum atomic E-state index is -0.315. The van der Waals surface area contributed by atoms with Gasteiger partial charge in [-0.3, -0.25) is 10.2 Å². The minimum absolute atomic E-state index is 0. The predicted octanol–water partition coefficient (Wildman–Crippen LogP) is 5.54. The molecule has 192 valence electrons. The summed E-state index contributed by atoms with van der Waals surface area (Å²) < 4.78 is 1.99. The van der Waals surface area contributed by atoms with Crippen molar-refractivity contribution in [2.24, 2.45) is 0 Å². The molecule has 0 aliphatic carbocycles. The first-order valence-electron chi connectivity index (χ1n) is 12.0. The third-order valence-corrected chi connectivity index (χ3v) is 6.59. The van der Waals surface area contributed by atoms with Crippen LogP contribution >= 0.6 is 17.0 Å². The van der Waals surface area contributed by atoms with E-state index in [1.807, 2.05) is 71.4 Å². The maximum absolute atomic E-state index is 13.5. The highest BCUT2D eigenvalue weighted by molar-refractivity contribution is 8.93. The van der Waals surface area contributed by atoms with Gasteiger partial charge in [-0.25, -0.2) is 9.97 Å². The van der Waals surface area contributed by atoms with E-state index in [-0.39, 0.29) is 51.7 Å². The van der Waals surface area contributed by atoms with Crippen LogP contribution in [-0.4, -0.2) is 42.7 Å². The second kappa shape index (κ2) is 9.81. The van der Waals surface area contributed by atoms with E-state index in [4.69, 9.17) is 10.4 Å². The molecular formula is C28H36BrN5O2. The summed E-state index contributed by atoms with van der Waals surface area (Å²) in [5.41, 5.74) is 4.99. The Morgan fingerprint density at radius 1 is 1.08 bits per heavy atom. The number of benzene rings is 1. The maximum Gasteiger partial charge on any atom is 0.182 e. The molecule has 0 saturated heterocycles. The quantitative estimate of drug-likeness (QED) is 0.404. The standard InChI is InChI=1S/C28H35N5O2.BrH/c1-17-19(13-32-9-8-30-16-32)10-20-14-33(26(29)24(20)31-17)15-23(34)18-11-21(27(2,3)4)25(35)22(12-18)28(5,6)7;/h8-12,16,29,35H,13-15H2,1-7H3;1H. The van der Waals surface area contributed by atoms with E-state index >= 15 is 0 Å². The summed E-state index contributed by atoms with van der Waals surface area (Å²) in [6, 6.07) is 5.71. The number of aromatic nitrogens is 3. The van der Waals surface area contributed by atoms with Crippen molar-refractivity contribution in [3.63, 3.8) is 0 Å². The monoisotopic (exact) mass is 553 g/mol. The number of carbonyl (C=O) groups excluding carboxylic acids is 1. The first-order chi connectivity index (χ1) is 16.3. The number of aryl methyl sites for hydroxylation is 1. The van der Waals surface area contributed by atoms with E-state index in [2.05, 4.69) is 11.1 Å². The van der Waals surface area contributed by atoms with Gasteiger partial charge in [0.05, 0.1) is 19.4 Å². The molecule has 0 amide bonds. The van der Waals surface area contributed by atoms with Crippen LogP contribution in [0.5, 0.6) is 5.75 Å². The number of Topliss-reactive ketones (excluding diaryl/α,β-unsaturated/α-hetero) is 1. The molecule has 36 heavy (non-hydrogen) atoms. The van der Waals surface area contributed by atoms with Gasteiger partial charge >= 0.3 is 0 Å². The number of aromatic hydroxyl groups is 1. The highest BCUT2D eigenvalue weighted by Gasteiger charge is 2.31. The van der Waals surface area contributed by atoms with Gasteiger partial charge in [-0.1, -0.05) is 41.5 Å². The SMILES string of the molecule is Br.Cc1nc2c(cc1Cn1ccnc1)CN(CC(=O)c1cc(C(C)(C)C)c(O)c(C(C)(C)C)c1)C2=N. The second-order valence-corrected chi connectivity index (χ2v) is 11.5. The van der Waals surface area contributed by atoms with Gasteiger partial charge in [-0.2, -0.15) is 0 Å². The Morgan fingerprint density at radius 3 is 2.22 bits per heavy atom. The van der Waals surface area contributed by atoms with Crippen molar-refractivity contribution in [1.82, 2.24) is 19.4 Å². The van der Waals surface area contributed by atoms with Gasteiger partial charge in [0.2, 0.25) is 0 Å². The zero-order valence-electron chi connectivity index (χ0n) is 22.1. The lowest BCUT2D eigenvalue weighted by Crippen LogP contribution is -2.31. The van der Waals surface area contributed by atoms with Crippen LogP contribution in [0.4, 0.5) is 0 Å². The molecule has 0 bridgehead atoms. The van der Waals surface area contributed by atoms with Gasteiger partial charge < -0.3 is 14.6 Å². The van der Waals surface area contributed by atoms with Crippen LogP contribution in [0.3, 0.4) is 0 Å². The summed E-state index contributed by atoms with van der Waals surface area (Å²) in [6.07, 6.45) is 5.43. The topological polar surface area (TPSA) is 95.1 Å². The molecule has 2 aromatic heterocycles. The summed E-state index contributed by atoms with van der Waals surface area (Å²) in [6.45, 7) is 15.4. The largest absolute Gasteiger partial charge is 0.507 e. The number of ketones is 1. The number of amidine groups is 1. The van der Waals surface area contributed by atoms with Crippen molar-refractivity contribution in [2.75, 3.05) is 6.54 Å². The summed E-state index contributed by atoms with van der Waals surface area (Å²) in [4.78, 5) is 24.0. The molecule has 0 atom stereocenters. The average Bonchev–Trinajstić information content (AvgIpc) is 3.35. The Hall–Kier alpha value is -3.00. The smallest absolute Gasteiger partial charge is 0.182 e. The summed E-state index contributed by atoms with van der Waals surface area (Å²) in [5, 5.41) is 19.7. The number of phenolic OH excluding ortho intramolecular Hbond substituents is 1. The zero-order chi connectivity index (χ0) is 25.7. The van der Waals surface area contributed by atoms with Gasteiger partial charge in [0.15, 0.2) is 5.78 Å². The molecule has 4 rings (SSSR count). The normalized spacial score (nSPS) is 13.5. The molecule has 0 fully saturated rings. The van der Waals surface area contributed by atoms with Crippen LogP contribution in [-0.2, 0) is 23.9 Å². The fraction of sp³-hybridized carbons (Fsp3) is 0.429. The van der Waals surface area contributed by atoms with Crippen LogP contribution in [0.2, 0.25) is 0 Å². The molecule has 7 nitrogen and oxygen atoms in total. The fourth-order valence-corrected chi connectivity index (χ4v) is 4.53. The fourth-order valence-electron chi connectivity index (χ4n) is 4.53. The molecule has 1 aliphatic heterocycles. The third-order valence-electron chi connectivity index (χ3n) is 6.59. The number of hydrogen-bond donors (Lipinski definition) is 2. The summed E-state index contributed by atoms with van der Waals surface area (Å²) >= 11 is 0. The molecule has 1 aliphatic rings. The molecule has 1 aromatic carbocycles. The Bertz CT molecular complexity index is 1270. The van der Waals surface area contributed by atoms with E-state index in [1.165, 1.54) is 0 Å². The number of fused-ring (bicyclic) bond motifs is 1. The first kappa shape index (κ1) is 27.6. The Labute approximate surface area is 223 Å². The van der Waals surface area contributed by atoms with Crippen molar-refractivity contribution in [3.8, 4) is 5.75 Å². The average molecular weight is 555 g/mol. The molecule has 0 spiro atoms. The van der Waals surface area contributed by atoms with Gasteiger partial charge in [-0.15, -0.1) is 17.0 Å². The molecule has 0 saturated carbocycles. The highest BCUT2D eigenvalue weighted by atomic mass is 79.9. The van der Waals surface area contributed by atoms with Crippen molar-refractivity contribution in [2.45, 2.75) is 72.4 Å². The molecule has 2 N–H and O–H groups in total. The molecular weight excluding hydrogens is 518 g/mol. The Kier molecular flexibility index (Phi) is 7.51. The predicted molar refractivity (Wildman–Crippen MR) is 148 cm³/mol. The van der Waals surface area contributed by atoms with Crippen LogP contribution in [0, 0.1) is 12.3 Å². The van der Waals surface area contributed by atoms with Crippen LogP contribution < -0.4 is 0 Å². The molecule has 3 heterocycles. The van der Waals surface area contributed by atoms with Crippen molar-refractivity contribution >= 4 is 28.6 Å². The number of phenols is 1. The zero-order valence-corrected chi connectivity index (χ0v) is 23.9. The number of imidazole rings is 1. The van der Waals surface area contributed by atoms with Crippen LogP contribution in [0.1, 0.15) is 85.5 Å². The molecule has 0 unspecified atom stereocenters. The molecule has 8 heteroatoms. The summed E-state index contributed by atoms with van der Waals surface area (Å²) in [5.74, 6) is 0.457. The Balaban J connectivity index is 0.00000361. The van der Waals surface area contributed by atoms with E-state index < -0.39 is 0 Å². The molecule has 3 aromatic rings. The second-order valence-electron chi connectivity index (χ2n) is 11.5. The van der Waals surface area contributed by atoms with E-state index in [0.717, 1.165) is 27.9 Å².